The standard InChI is InChI=1S/C10H14F3N3O4S/c1-21(19,20)16-2-7(3-16)9(18)14-4-8(17)15(6-14)5-10(11,12)13/h7H,2-6H2,1H3. The van der Waals surface area contributed by atoms with Gasteiger partial charge in [0.25, 0.3) is 0 Å². The Morgan fingerprint density at radius 3 is 2.38 bits per heavy atom. The molecule has 21 heavy (non-hydrogen) atoms. The van der Waals surface area contributed by atoms with Crippen molar-refractivity contribution >= 4 is 21.8 Å². The molecule has 0 atom stereocenters. The van der Waals surface area contributed by atoms with Crippen molar-refractivity contribution in [3.8, 4) is 0 Å². The number of nitrogens with zero attached hydrogens (tertiary/aromatic N) is 3. The molecule has 11 heteroatoms. The minimum Gasteiger partial charge on any atom is -0.315 e. The lowest BCUT2D eigenvalue weighted by Crippen LogP contribution is -2.56. The van der Waals surface area contributed by atoms with Crippen LogP contribution in [0.25, 0.3) is 0 Å². The molecule has 2 rings (SSSR count). The number of carbonyl (C=O) groups excluding carboxylic acids is 2. The third-order valence-electron chi connectivity index (χ3n) is 3.37. The van der Waals surface area contributed by atoms with Gasteiger partial charge in [0.15, 0.2) is 0 Å². The first-order valence-electron chi connectivity index (χ1n) is 6.06. The smallest absolute Gasteiger partial charge is 0.315 e. The predicted molar refractivity (Wildman–Crippen MR) is 64.3 cm³/mol. The molecule has 2 saturated heterocycles. The highest BCUT2D eigenvalue weighted by Gasteiger charge is 2.44. The zero-order chi connectivity index (χ0) is 16.0. The summed E-state index contributed by atoms with van der Waals surface area (Å²) < 4.78 is 60.2. The highest BCUT2D eigenvalue weighted by Crippen LogP contribution is 2.24. The van der Waals surface area contributed by atoms with Gasteiger partial charge >= 0.3 is 6.18 Å². The van der Waals surface area contributed by atoms with Gasteiger partial charge in [-0.1, -0.05) is 0 Å². The van der Waals surface area contributed by atoms with Crippen molar-refractivity contribution in [2.24, 2.45) is 5.92 Å². The van der Waals surface area contributed by atoms with Gasteiger partial charge in [-0.25, -0.2) is 12.7 Å². The van der Waals surface area contributed by atoms with Crippen LogP contribution in [0, 0.1) is 5.92 Å². The zero-order valence-electron chi connectivity index (χ0n) is 11.1. The van der Waals surface area contributed by atoms with Crippen LogP contribution in [0.4, 0.5) is 13.2 Å². The molecule has 0 N–H and O–H groups in total. The van der Waals surface area contributed by atoms with Crippen molar-refractivity contribution in [3.63, 3.8) is 0 Å². The molecule has 0 saturated carbocycles. The van der Waals surface area contributed by atoms with Gasteiger partial charge in [0, 0.05) is 13.1 Å². The highest BCUT2D eigenvalue weighted by molar-refractivity contribution is 7.88. The van der Waals surface area contributed by atoms with Crippen LogP contribution in [0.15, 0.2) is 0 Å². The lowest BCUT2D eigenvalue weighted by molar-refractivity contribution is -0.158. The van der Waals surface area contributed by atoms with Gasteiger partial charge in [-0.05, 0) is 0 Å². The molecule has 0 unspecified atom stereocenters. The lowest BCUT2D eigenvalue weighted by atomic mass is 10.0. The van der Waals surface area contributed by atoms with Crippen LogP contribution in [0.2, 0.25) is 0 Å². The summed E-state index contributed by atoms with van der Waals surface area (Å²) >= 11 is 0. The van der Waals surface area contributed by atoms with E-state index < -0.39 is 53.7 Å². The van der Waals surface area contributed by atoms with Gasteiger partial charge in [0.05, 0.1) is 18.8 Å². The van der Waals surface area contributed by atoms with Gasteiger partial charge in [0.2, 0.25) is 21.8 Å². The van der Waals surface area contributed by atoms with Crippen LogP contribution in [-0.4, -0.2) is 79.6 Å². The Labute approximate surface area is 119 Å². The predicted octanol–water partition coefficient (Wildman–Crippen LogP) is -0.932. The Bertz CT molecular complexity index is 556. The summed E-state index contributed by atoms with van der Waals surface area (Å²) in [6, 6.07) is 0. The second-order valence-electron chi connectivity index (χ2n) is 5.16. The van der Waals surface area contributed by atoms with Crippen LogP contribution in [0.5, 0.6) is 0 Å². The van der Waals surface area contributed by atoms with Gasteiger partial charge in [-0.2, -0.15) is 13.2 Å². The molecular weight excluding hydrogens is 315 g/mol. The van der Waals surface area contributed by atoms with E-state index in [-0.39, 0.29) is 13.1 Å². The minimum absolute atomic E-state index is 0.00162. The molecule has 0 aromatic rings. The van der Waals surface area contributed by atoms with Crippen molar-refractivity contribution in [1.82, 2.24) is 14.1 Å². The Hall–Kier alpha value is -1.36. The maximum Gasteiger partial charge on any atom is 0.406 e. The van der Waals surface area contributed by atoms with Crippen molar-refractivity contribution in [1.29, 1.82) is 0 Å². The Morgan fingerprint density at radius 1 is 1.33 bits per heavy atom. The molecule has 0 aromatic heterocycles. The van der Waals surface area contributed by atoms with E-state index in [1.807, 2.05) is 0 Å². The van der Waals surface area contributed by atoms with Crippen molar-refractivity contribution < 1.29 is 31.2 Å². The van der Waals surface area contributed by atoms with E-state index in [0.29, 0.717) is 4.90 Å². The lowest BCUT2D eigenvalue weighted by Gasteiger charge is -2.37. The van der Waals surface area contributed by atoms with Crippen LogP contribution >= 0.6 is 0 Å². The summed E-state index contributed by atoms with van der Waals surface area (Å²) in [5.74, 6) is -1.86. The minimum atomic E-state index is -4.52. The number of sulfonamides is 1. The Morgan fingerprint density at radius 2 is 1.90 bits per heavy atom. The Kier molecular flexibility index (Phi) is 3.91. The van der Waals surface area contributed by atoms with Gasteiger partial charge < -0.3 is 9.80 Å². The molecule has 0 aromatic carbocycles. The van der Waals surface area contributed by atoms with Crippen LogP contribution in [-0.2, 0) is 19.6 Å². The van der Waals surface area contributed by atoms with Crippen molar-refractivity contribution in [2.45, 2.75) is 6.18 Å². The summed E-state index contributed by atoms with van der Waals surface area (Å²) in [5, 5.41) is 0. The highest BCUT2D eigenvalue weighted by atomic mass is 32.2. The third-order valence-corrected chi connectivity index (χ3v) is 4.60. The normalized spacial score (nSPS) is 21.8. The summed E-state index contributed by atoms with van der Waals surface area (Å²) in [6.07, 6.45) is -3.50. The maximum atomic E-state index is 12.3. The number of amides is 2. The van der Waals surface area contributed by atoms with E-state index in [1.165, 1.54) is 0 Å². The summed E-state index contributed by atoms with van der Waals surface area (Å²) in [4.78, 5) is 25.0. The number of hydrogen-bond acceptors (Lipinski definition) is 4. The number of carbonyl (C=O) groups is 2. The fraction of sp³-hybridized carbons (Fsp3) is 0.800. The van der Waals surface area contributed by atoms with Crippen LogP contribution in [0.1, 0.15) is 0 Å². The average molecular weight is 329 g/mol. The monoisotopic (exact) mass is 329 g/mol. The average Bonchev–Trinajstić information content (AvgIpc) is 2.53. The molecule has 2 heterocycles. The topological polar surface area (TPSA) is 78.0 Å². The Balaban J connectivity index is 1.90. The van der Waals surface area contributed by atoms with E-state index in [0.717, 1.165) is 15.5 Å². The molecule has 2 aliphatic heterocycles. The van der Waals surface area contributed by atoms with Crippen LogP contribution in [0.3, 0.4) is 0 Å². The molecule has 2 fully saturated rings. The summed E-state index contributed by atoms with van der Waals surface area (Å²) in [5.41, 5.74) is 0. The van der Waals surface area contributed by atoms with E-state index in [1.54, 1.807) is 0 Å². The quantitative estimate of drug-likeness (QED) is 0.670. The molecule has 120 valence electrons. The first kappa shape index (κ1) is 16.0. The first-order valence-corrected chi connectivity index (χ1v) is 7.90. The molecular formula is C10H14F3N3O4S. The number of halogens is 3. The first-order chi connectivity index (χ1) is 9.47. The molecule has 2 amide bonds. The van der Waals surface area contributed by atoms with E-state index in [2.05, 4.69) is 0 Å². The number of rotatable bonds is 3. The molecule has 0 spiro atoms. The number of hydrogen-bond donors (Lipinski definition) is 0. The van der Waals surface area contributed by atoms with Crippen LogP contribution < -0.4 is 0 Å². The van der Waals surface area contributed by atoms with E-state index in [4.69, 9.17) is 0 Å². The second kappa shape index (κ2) is 5.13. The molecule has 2 aliphatic rings. The SMILES string of the molecule is CS(=O)(=O)N1CC(C(=O)N2CC(=O)N(CC(F)(F)F)C2)C1. The molecule has 0 bridgehead atoms. The molecule has 7 nitrogen and oxygen atoms in total. The fourth-order valence-electron chi connectivity index (χ4n) is 2.22. The largest absolute Gasteiger partial charge is 0.406 e. The van der Waals surface area contributed by atoms with Gasteiger partial charge in [-0.3, -0.25) is 9.59 Å². The van der Waals surface area contributed by atoms with Gasteiger partial charge in [0.1, 0.15) is 13.1 Å². The zero-order valence-corrected chi connectivity index (χ0v) is 11.9. The second-order valence-corrected chi connectivity index (χ2v) is 7.14. The van der Waals surface area contributed by atoms with E-state index in [9.17, 15) is 31.2 Å². The van der Waals surface area contributed by atoms with Crippen molar-refractivity contribution in [3.05, 3.63) is 0 Å². The summed E-state index contributed by atoms with van der Waals surface area (Å²) in [7, 11) is -3.37. The van der Waals surface area contributed by atoms with Crippen molar-refractivity contribution in [2.75, 3.05) is 39.1 Å². The molecule has 0 aliphatic carbocycles. The maximum absolute atomic E-state index is 12.3. The summed E-state index contributed by atoms with van der Waals surface area (Å²) in [6.45, 7) is -2.20. The van der Waals surface area contributed by atoms with Gasteiger partial charge in [-0.15, -0.1) is 0 Å². The number of alkyl halides is 3. The third kappa shape index (κ3) is 3.64. The van der Waals surface area contributed by atoms with E-state index >= 15 is 0 Å². The fourth-order valence-corrected chi connectivity index (χ4v) is 3.13. The molecule has 0 radical (unpaired) electrons.